The second-order valence-corrected chi connectivity index (χ2v) is 4.16. The molecule has 3 heteroatoms. The Morgan fingerprint density at radius 3 is 2.47 bits per heavy atom. The topological polar surface area (TPSA) is 43.1 Å². The minimum absolute atomic E-state index is 0.0774. The fraction of sp³-hybridized carbons (Fsp3) is 0.0833. The third kappa shape index (κ3) is 2.14. The van der Waals surface area contributed by atoms with Crippen LogP contribution in [0.15, 0.2) is 41.8 Å². The maximum absolute atomic E-state index is 11.9. The first-order valence-corrected chi connectivity index (χ1v) is 5.56. The molecule has 2 nitrogen and oxygen atoms in total. The number of carbonyl (C=O) groups excluding carboxylic acids is 1. The summed E-state index contributed by atoms with van der Waals surface area (Å²) in [5.41, 5.74) is 7.24. The number of carbonyl (C=O) groups is 1. The monoisotopic (exact) mass is 217 g/mol. The normalized spacial score (nSPS) is 10.2. The van der Waals surface area contributed by atoms with E-state index in [-0.39, 0.29) is 5.78 Å². The minimum Gasteiger partial charge on any atom is -0.326 e. The van der Waals surface area contributed by atoms with Gasteiger partial charge in [0.25, 0.3) is 0 Å². The zero-order chi connectivity index (χ0) is 10.7. The zero-order valence-electron chi connectivity index (χ0n) is 8.14. The predicted molar refractivity (Wildman–Crippen MR) is 62.1 cm³/mol. The molecule has 0 unspecified atom stereocenters. The van der Waals surface area contributed by atoms with Gasteiger partial charge in [-0.2, -0.15) is 0 Å². The highest BCUT2D eigenvalue weighted by molar-refractivity contribution is 7.12. The van der Waals surface area contributed by atoms with Gasteiger partial charge in [-0.3, -0.25) is 4.79 Å². The van der Waals surface area contributed by atoms with Crippen LogP contribution in [-0.2, 0) is 6.54 Å². The van der Waals surface area contributed by atoms with Crippen LogP contribution in [0.5, 0.6) is 0 Å². The van der Waals surface area contributed by atoms with Crippen molar-refractivity contribution in [2.75, 3.05) is 0 Å². The van der Waals surface area contributed by atoms with Crippen LogP contribution in [0.3, 0.4) is 0 Å². The van der Waals surface area contributed by atoms with E-state index in [1.807, 2.05) is 41.8 Å². The van der Waals surface area contributed by atoms with Crippen molar-refractivity contribution in [1.29, 1.82) is 0 Å². The van der Waals surface area contributed by atoms with Crippen LogP contribution in [0.2, 0.25) is 0 Å². The van der Waals surface area contributed by atoms with Crippen molar-refractivity contribution in [3.8, 4) is 0 Å². The van der Waals surface area contributed by atoms with Crippen molar-refractivity contribution in [1.82, 2.24) is 0 Å². The Labute approximate surface area is 92.4 Å². The molecule has 2 aromatic rings. The van der Waals surface area contributed by atoms with Crippen molar-refractivity contribution in [2.45, 2.75) is 6.54 Å². The van der Waals surface area contributed by atoms with Gasteiger partial charge in [0.05, 0.1) is 4.88 Å². The largest absolute Gasteiger partial charge is 0.326 e. The molecule has 0 aliphatic carbocycles. The van der Waals surface area contributed by atoms with Gasteiger partial charge in [0.2, 0.25) is 5.78 Å². The lowest BCUT2D eigenvalue weighted by atomic mass is 10.1. The highest BCUT2D eigenvalue weighted by atomic mass is 32.1. The number of rotatable bonds is 3. The fourth-order valence-electron chi connectivity index (χ4n) is 1.34. The molecule has 0 bridgehead atoms. The fourth-order valence-corrected chi connectivity index (χ4v) is 2.03. The van der Waals surface area contributed by atoms with Crippen molar-refractivity contribution in [3.05, 3.63) is 57.8 Å². The van der Waals surface area contributed by atoms with E-state index in [0.29, 0.717) is 6.54 Å². The van der Waals surface area contributed by atoms with Gasteiger partial charge in [-0.05, 0) is 17.0 Å². The van der Waals surface area contributed by atoms with Gasteiger partial charge in [0.15, 0.2) is 0 Å². The van der Waals surface area contributed by atoms with Crippen LogP contribution in [0.4, 0.5) is 0 Å². The lowest BCUT2D eigenvalue weighted by Gasteiger charge is -1.99. The average molecular weight is 217 g/mol. The first kappa shape index (κ1) is 10.1. The maximum Gasteiger partial charge on any atom is 0.202 e. The Bertz CT molecular complexity index is 445. The second-order valence-electron chi connectivity index (χ2n) is 3.21. The van der Waals surface area contributed by atoms with Crippen molar-refractivity contribution >= 4 is 17.1 Å². The summed E-state index contributed by atoms with van der Waals surface area (Å²) in [5, 5.41) is 1.90. The molecule has 0 amide bonds. The van der Waals surface area contributed by atoms with Gasteiger partial charge < -0.3 is 5.73 Å². The van der Waals surface area contributed by atoms with Crippen LogP contribution in [-0.4, -0.2) is 5.78 Å². The van der Waals surface area contributed by atoms with E-state index in [1.165, 1.54) is 11.3 Å². The summed E-state index contributed by atoms with van der Waals surface area (Å²) in [4.78, 5) is 12.7. The van der Waals surface area contributed by atoms with E-state index in [0.717, 1.165) is 16.0 Å². The van der Waals surface area contributed by atoms with Gasteiger partial charge in [-0.15, -0.1) is 11.3 Å². The van der Waals surface area contributed by atoms with Gasteiger partial charge >= 0.3 is 0 Å². The summed E-state index contributed by atoms with van der Waals surface area (Å²) >= 11 is 1.46. The first-order chi connectivity index (χ1) is 7.31. The Morgan fingerprint density at radius 2 is 1.93 bits per heavy atom. The van der Waals surface area contributed by atoms with Crippen LogP contribution >= 0.6 is 11.3 Å². The predicted octanol–water partition coefficient (Wildman–Crippen LogP) is 2.44. The Kier molecular flexibility index (Phi) is 2.94. The summed E-state index contributed by atoms with van der Waals surface area (Å²) in [7, 11) is 0. The van der Waals surface area contributed by atoms with E-state index in [9.17, 15) is 4.79 Å². The molecule has 0 spiro atoms. The van der Waals surface area contributed by atoms with Gasteiger partial charge in [-0.1, -0.05) is 30.3 Å². The van der Waals surface area contributed by atoms with Crippen LogP contribution < -0.4 is 5.73 Å². The Hall–Kier alpha value is -1.45. The summed E-state index contributed by atoms with van der Waals surface area (Å²) < 4.78 is 0. The molecule has 1 aromatic carbocycles. The molecule has 0 saturated heterocycles. The Morgan fingerprint density at radius 1 is 1.20 bits per heavy atom. The molecule has 1 aromatic heterocycles. The van der Waals surface area contributed by atoms with Gasteiger partial charge in [-0.25, -0.2) is 0 Å². The maximum atomic E-state index is 11.9. The molecule has 0 fully saturated rings. The van der Waals surface area contributed by atoms with E-state index in [1.54, 1.807) is 0 Å². The van der Waals surface area contributed by atoms with Crippen LogP contribution in [0.25, 0.3) is 0 Å². The number of thiophene rings is 1. The van der Waals surface area contributed by atoms with Gasteiger partial charge in [0.1, 0.15) is 0 Å². The third-order valence-corrected chi connectivity index (χ3v) is 3.07. The molecule has 0 saturated carbocycles. The van der Waals surface area contributed by atoms with Crippen molar-refractivity contribution in [2.24, 2.45) is 5.73 Å². The lowest BCUT2D eigenvalue weighted by molar-refractivity contribution is 0.104. The molecule has 0 atom stereocenters. The smallest absolute Gasteiger partial charge is 0.202 e. The summed E-state index contributed by atoms with van der Waals surface area (Å²) in [6.45, 7) is 0.507. The molecular weight excluding hydrogens is 206 g/mol. The van der Waals surface area contributed by atoms with Crippen LogP contribution in [0, 0.1) is 0 Å². The zero-order valence-corrected chi connectivity index (χ0v) is 8.96. The lowest BCUT2D eigenvalue weighted by Crippen LogP contribution is -2.00. The second kappa shape index (κ2) is 4.38. The standard InChI is InChI=1S/C12H11NOS/c13-8-9-3-5-10(6-4-9)12(14)11-2-1-7-15-11/h1-7H,8,13H2. The molecule has 0 aliphatic heterocycles. The SMILES string of the molecule is NCc1ccc(C(=O)c2cccs2)cc1. The summed E-state index contributed by atoms with van der Waals surface area (Å²) in [6, 6.07) is 11.1. The van der Waals surface area contributed by atoms with E-state index in [4.69, 9.17) is 5.73 Å². The quantitative estimate of drug-likeness (QED) is 0.802. The molecule has 2 N–H and O–H groups in total. The molecular formula is C12H11NOS. The number of ketones is 1. The molecule has 0 radical (unpaired) electrons. The Balaban J connectivity index is 2.27. The molecule has 76 valence electrons. The first-order valence-electron chi connectivity index (χ1n) is 4.68. The third-order valence-electron chi connectivity index (χ3n) is 2.20. The van der Waals surface area contributed by atoms with Crippen LogP contribution in [0.1, 0.15) is 20.8 Å². The van der Waals surface area contributed by atoms with E-state index >= 15 is 0 Å². The van der Waals surface area contributed by atoms with E-state index in [2.05, 4.69) is 0 Å². The molecule has 0 aliphatic rings. The summed E-state index contributed by atoms with van der Waals surface area (Å²) in [6.07, 6.45) is 0. The number of hydrogen-bond donors (Lipinski definition) is 1. The highest BCUT2D eigenvalue weighted by Crippen LogP contribution is 2.15. The summed E-state index contributed by atoms with van der Waals surface area (Å²) in [5.74, 6) is 0.0774. The number of nitrogens with two attached hydrogens (primary N) is 1. The molecule has 1 heterocycles. The van der Waals surface area contributed by atoms with E-state index < -0.39 is 0 Å². The molecule has 2 rings (SSSR count). The van der Waals surface area contributed by atoms with Crippen molar-refractivity contribution in [3.63, 3.8) is 0 Å². The minimum atomic E-state index is 0.0774. The molecule has 15 heavy (non-hydrogen) atoms. The number of hydrogen-bond acceptors (Lipinski definition) is 3. The van der Waals surface area contributed by atoms with Gasteiger partial charge in [0, 0.05) is 12.1 Å². The number of benzene rings is 1. The van der Waals surface area contributed by atoms with Crippen molar-refractivity contribution < 1.29 is 4.79 Å². The average Bonchev–Trinajstić information content (AvgIpc) is 2.82. The highest BCUT2D eigenvalue weighted by Gasteiger charge is 2.08.